The summed E-state index contributed by atoms with van der Waals surface area (Å²) in [6, 6.07) is 0. The highest BCUT2D eigenvalue weighted by Crippen LogP contribution is 2.19. The summed E-state index contributed by atoms with van der Waals surface area (Å²) in [6.07, 6.45) is 0.238. The molecule has 0 aliphatic heterocycles. The second-order valence-corrected chi connectivity index (χ2v) is 4.95. The average Bonchev–Trinajstić information content (AvgIpc) is 2.21. The summed E-state index contributed by atoms with van der Waals surface area (Å²) >= 11 is 5.66. The molecule has 0 aromatic carbocycles. The third kappa shape index (κ3) is 4.10. The average molecular weight is 279 g/mol. The molecule has 0 aliphatic carbocycles. The highest BCUT2D eigenvalue weighted by Gasteiger charge is 2.18. The number of amides is 1. The van der Waals surface area contributed by atoms with Gasteiger partial charge in [-0.05, 0) is 20.8 Å². The standard InChI is InChI=1S/C11H13ClF2N2O2/c1-11(2,3)18-10(17)16-4-6-7(12)5-15-9(14)8(6)13/h5H,4H2,1-3H3,(H,16,17). The van der Waals surface area contributed by atoms with Gasteiger partial charge in [0.1, 0.15) is 5.60 Å². The molecule has 7 heteroatoms. The van der Waals surface area contributed by atoms with Crippen LogP contribution in [0.4, 0.5) is 13.6 Å². The maximum absolute atomic E-state index is 13.3. The number of aromatic nitrogens is 1. The minimum atomic E-state index is -1.26. The second kappa shape index (κ2) is 5.48. The van der Waals surface area contributed by atoms with Gasteiger partial charge in [-0.2, -0.15) is 4.39 Å². The van der Waals surface area contributed by atoms with Crippen LogP contribution in [0.25, 0.3) is 0 Å². The van der Waals surface area contributed by atoms with E-state index in [4.69, 9.17) is 16.3 Å². The Morgan fingerprint density at radius 1 is 1.50 bits per heavy atom. The smallest absolute Gasteiger partial charge is 0.407 e. The molecular weight excluding hydrogens is 266 g/mol. The zero-order valence-electron chi connectivity index (χ0n) is 10.2. The van der Waals surface area contributed by atoms with Crippen LogP contribution in [-0.4, -0.2) is 16.7 Å². The van der Waals surface area contributed by atoms with Gasteiger partial charge in [-0.25, -0.2) is 14.2 Å². The number of carbonyl (C=O) groups is 1. The largest absolute Gasteiger partial charge is 0.444 e. The molecule has 1 aromatic heterocycles. The normalized spacial score (nSPS) is 11.2. The topological polar surface area (TPSA) is 51.2 Å². The summed E-state index contributed by atoms with van der Waals surface area (Å²) in [5.74, 6) is -2.45. The lowest BCUT2D eigenvalue weighted by atomic mass is 10.2. The summed E-state index contributed by atoms with van der Waals surface area (Å²) in [4.78, 5) is 14.4. The molecule has 0 saturated carbocycles. The predicted molar refractivity (Wildman–Crippen MR) is 62.2 cm³/mol. The molecule has 18 heavy (non-hydrogen) atoms. The van der Waals surface area contributed by atoms with Crippen LogP contribution in [0.5, 0.6) is 0 Å². The van der Waals surface area contributed by atoms with Crippen LogP contribution in [-0.2, 0) is 11.3 Å². The van der Waals surface area contributed by atoms with Crippen molar-refractivity contribution in [3.05, 3.63) is 28.5 Å². The first-order valence-electron chi connectivity index (χ1n) is 5.16. The fraction of sp³-hybridized carbons (Fsp3) is 0.455. The number of nitrogens with one attached hydrogen (secondary N) is 1. The molecule has 100 valence electrons. The molecule has 0 fully saturated rings. The maximum Gasteiger partial charge on any atom is 0.407 e. The lowest BCUT2D eigenvalue weighted by molar-refractivity contribution is 0.0523. The molecule has 1 heterocycles. The van der Waals surface area contributed by atoms with Crippen molar-refractivity contribution in [3.63, 3.8) is 0 Å². The molecule has 0 radical (unpaired) electrons. The summed E-state index contributed by atoms with van der Waals surface area (Å²) in [7, 11) is 0. The van der Waals surface area contributed by atoms with E-state index in [-0.39, 0.29) is 17.1 Å². The monoisotopic (exact) mass is 278 g/mol. The Kier molecular flexibility index (Phi) is 4.45. The summed E-state index contributed by atoms with van der Waals surface area (Å²) in [5, 5.41) is 2.22. The molecule has 0 spiro atoms. The van der Waals surface area contributed by atoms with E-state index in [1.165, 1.54) is 0 Å². The Balaban J connectivity index is 2.70. The zero-order valence-corrected chi connectivity index (χ0v) is 10.9. The highest BCUT2D eigenvalue weighted by molar-refractivity contribution is 6.31. The van der Waals surface area contributed by atoms with Crippen LogP contribution in [0.2, 0.25) is 5.02 Å². The van der Waals surface area contributed by atoms with Gasteiger partial charge in [-0.1, -0.05) is 11.6 Å². The molecule has 4 nitrogen and oxygen atoms in total. The van der Waals surface area contributed by atoms with E-state index in [2.05, 4.69) is 10.3 Å². The van der Waals surface area contributed by atoms with E-state index in [9.17, 15) is 13.6 Å². The van der Waals surface area contributed by atoms with Crippen molar-refractivity contribution in [1.29, 1.82) is 0 Å². The molecule has 0 saturated heterocycles. The molecule has 0 atom stereocenters. The molecule has 0 aliphatic rings. The third-order valence-electron chi connectivity index (χ3n) is 1.83. The number of carbonyl (C=O) groups excluding carboxylic acids is 1. The Hall–Kier alpha value is -1.43. The van der Waals surface area contributed by atoms with E-state index < -0.39 is 23.5 Å². The SMILES string of the molecule is CC(C)(C)OC(=O)NCc1c(Cl)cnc(F)c1F. The fourth-order valence-electron chi connectivity index (χ4n) is 1.11. The lowest BCUT2D eigenvalue weighted by Gasteiger charge is -2.19. The van der Waals surface area contributed by atoms with Gasteiger partial charge in [0.2, 0.25) is 5.95 Å². The van der Waals surface area contributed by atoms with Gasteiger partial charge in [0.25, 0.3) is 0 Å². The number of nitrogens with zero attached hydrogens (tertiary/aromatic N) is 1. The van der Waals surface area contributed by atoms with Gasteiger partial charge in [0, 0.05) is 11.8 Å². The number of halogens is 3. The van der Waals surface area contributed by atoms with Crippen LogP contribution in [0.3, 0.4) is 0 Å². The van der Waals surface area contributed by atoms with Crippen LogP contribution in [0.1, 0.15) is 26.3 Å². The number of hydrogen-bond donors (Lipinski definition) is 1. The Bertz CT molecular complexity index is 461. The van der Waals surface area contributed by atoms with Crippen molar-refractivity contribution in [2.75, 3.05) is 0 Å². The fourth-order valence-corrected chi connectivity index (χ4v) is 1.31. The van der Waals surface area contributed by atoms with Gasteiger partial charge in [0.15, 0.2) is 5.82 Å². The molecular formula is C11H13ClF2N2O2. The number of rotatable bonds is 2. The van der Waals surface area contributed by atoms with E-state index in [1.54, 1.807) is 20.8 Å². The van der Waals surface area contributed by atoms with E-state index in [0.717, 1.165) is 6.20 Å². The number of ether oxygens (including phenoxy) is 1. The van der Waals surface area contributed by atoms with Gasteiger partial charge in [0.05, 0.1) is 11.6 Å². The van der Waals surface area contributed by atoms with Gasteiger partial charge in [-0.3, -0.25) is 0 Å². The van der Waals surface area contributed by atoms with Crippen molar-refractivity contribution in [2.24, 2.45) is 0 Å². The van der Waals surface area contributed by atoms with E-state index >= 15 is 0 Å². The van der Waals surface area contributed by atoms with E-state index in [1.807, 2.05) is 0 Å². The first-order valence-corrected chi connectivity index (χ1v) is 5.53. The van der Waals surface area contributed by atoms with Gasteiger partial charge in [-0.15, -0.1) is 0 Å². The molecule has 0 bridgehead atoms. The van der Waals surface area contributed by atoms with Crippen LogP contribution < -0.4 is 5.32 Å². The van der Waals surface area contributed by atoms with Crippen molar-refractivity contribution >= 4 is 17.7 Å². The molecule has 1 N–H and O–H groups in total. The molecule has 1 amide bonds. The zero-order chi connectivity index (χ0) is 13.9. The first-order chi connectivity index (χ1) is 8.20. The Labute approximate surface area is 108 Å². The third-order valence-corrected chi connectivity index (χ3v) is 2.16. The quantitative estimate of drug-likeness (QED) is 0.846. The Morgan fingerprint density at radius 2 is 2.11 bits per heavy atom. The van der Waals surface area contributed by atoms with Crippen molar-refractivity contribution < 1.29 is 18.3 Å². The van der Waals surface area contributed by atoms with Crippen LogP contribution >= 0.6 is 11.6 Å². The van der Waals surface area contributed by atoms with Gasteiger partial charge >= 0.3 is 6.09 Å². The van der Waals surface area contributed by atoms with Crippen molar-refractivity contribution in [2.45, 2.75) is 32.9 Å². The highest BCUT2D eigenvalue weighted by atomic mass is 35.5. The second-order valence-electron chi connectivity index (χ2n) is 4.54. The van der Waals surface area contributed by atoms with E-state index in [0.29, 0.717) is 0 Å². The summed E-state index contributed by atoms with van der Waals surface area (Å²) in [6.45, 7) is 4.78. The van der Waals surface area contributed by atoms with Crippen molar-refractivity contribution in [3.8, 4) is 0 Å². The minimum Gasteiger partial charge on any atom is -0.444 e. The summed E-state index contributed by atoms with van der Waals surface area (Å²) in [5.41, 5.74) is -0.842. The molecule has 1 aromatic rings. The van der Waals surface area contributed by atoms with Crippen LogP contribution in [0, 0.1) is 11.8 Å². The number of pyridine rings is 1. The lowest BCUT2D eigenvalue weighted by Crippen LogP contribution is -2.32. The van der Waals surface area contributed by atoms with Crippen molar-refractivity contribution in [1.82, 2.24) is 10.3 Å². The predicted octanol–water partition coefficient (Wildman–Crippen LogP) is 3.04. The Morgan fingerprint density at radius 3 is 2.67 bits per heavy atom. The van der Waals surface area contributed by atoms with Crippen LogP contribution in [0.15, 0.2) is 6.20 Å². The number of hydrogen-bond acceptors (Lipinski definition) is 3. The molecule has 1 rings (SSSR count). The minimum absolute atomic E-state index is 0.0649. The molecule has 0 unspecified atom stereocenters. The maximum atomic E-state index is 13.3. The number of alkyl carbamates (subject to hydrolysis) is 1. The first kappa shape index (κ1) is 14.6. The van der Waals surface area contributed by atoms with Gasteiger partial charge < -0.3 is 10.1 Å². The summed E-state index contributed by atoms with van der Waals surface area (Å²) < 4.78 is 31.1.